The van der Waals surface area contributed by atoms with E-state index in [1.54, 1.807) is 24.3 Å². The van der Waals surface area contributed by atoms with Gasteiger partial charge in [-0.25, -0.2) is 0 Å². The first-order valence-electron chi connectivity index (χ1n) is 7.22. The SMILES string of the molecule is C=Cc1nnc(C(F)(F)F)c2cc(-c3ccccc3C(N)=O)ccc12. The first-order chi connectivity index (χ1) is 11.8. The number of fused-ring (bicyclic) bond motifs is 1. The Morgan fingerprint density at radius 2 is 1.80 bits per heavy atom. The lowest BCUT2D eigenvalue weighted by atomic mass is 9.96. The van der Waals surface area contributed by atoms with E-state index in [0.717, 1.165) is 0 Å². The second kappa shape index (κ2) is 6.01. The largest absolute Gasteiger partial charge is 0.435 e. The molecule has 2 N–H and O–H groups in total. The van der Waals surface area contributed by atoms with Crippen molar-refractivity contribution in [1.29, 1.82) is 0 Å². The van der Waals surface area contributed by atoms with E-state index in [-0.39, 0.29) is 22.0 Å². The van der Waals surface area contributed by atoms with Crippen LogP contribution < -0.4 is 5.73 Å². The highest BCUT2D eigenvalue weighted by Gasteiger charge is 2.35. The van der Waals surface area contributed by atoms with Crippen LogP contribution in [-0.4, -0.2) is 16.1 Å². The summed E-state index contributed by atoms with van der Waals surface area (Å²) in [6.07, 6.45) is -3.32. The summed E-state index contributed by atoms with van der Waals surface area (Å²) < 4.78 is 39.9. The highest BCUT2D eigenvalue weighted by Crippen LogP contribution is 2.36. The van der Waals surface area contributed by atoms with Crippen molar-refractivity contribution in [3.8, 4) is 11.1 Å². The van der Waals surface area contributed by atoms with Crippen LogP contribution in [0.2, 0.25) is 0 Å². The fourth-order valence-corrected chi connectivity index (χ4v) is 2.65. The van der Waals surface area contributed by atoms with Gasteiger partial charge in [-0.2, -0.15) is 13.2 Å². The van der Waals surface area contributed by atoms with E-state index in [1.165, 1.54) is 24.3 Å². The Kier molecular flexibility index (Phi) is 4.00. The molecule has 0 aliphatic carbocycles. The van der Waals surface area contributed by atoms with E-state index in [1.807, 2.05) is 0 Å². The maximum absolute atomic E-state index is 13.3. The fourth-order valence-electron chi connectivity index (χ4n) is 2.65. The number of aromatic nitrogens is 2. The zero-order valence-corrected chi connectivity index (χ0v) is 12.8. The van der Waals surface area contributed by atoms with Crippen LogP contribution in [0.3, 0.4) is 0 Å². The number of hydrogen-bond donors (Lipinski definition) is 1. The van der Waals surface area contributed by atoms with E-state index in [2.05, 4.69) is 16.8 Å². The van der Waals surface area contributed by atoms with Gasteiger partial charge >= 0.3 is 6.18 Å². The van der Waals surface area contributed by atoms with Crippen LogP contribution in [0.25, 0.3) is 28.0 Å². The summed E-state index contributed by atoms with van der Waals surface area (Å²) >= 11 is 0. The summed E-state index contributed by atoms with van der Waals surface area (Å²) in [5.74, 6) is -0.661. The summed E-state index contributed by atoms with van der Waals surface area (Å²) in [5.41, 5.74) is 5.61. The molecule has 3 rings (SSSR count). The molecule has 0 bridgehead atoms. The molecule has 2 aromatic carbocycles. The summed E-state index contributed by atoms with van der Waals surface area (Å²) in [5, 5.41) is 7.04. The van der Waals surface area contributed by atoms with E-state index in [9.17, 15) is 18.0 Å². The minimum atomic E-state index is -4.66. The second-order valence-corrected chi connectivity index (χ2v) is 5.31. The quantitative estimate of drug-likeness (QED) is 0.780. The molecule has 1 amide bonds. The second-order valence-electron chi connectivity index (χ2n) is 5.31. The number of amides is 1. The van der Waals surface area contributed by atoms with Crippen molar-refractivity contribution in [3.05, 3.63) is 66.0 Å². The lowest BCUT2D eigenvalue weighted by molar-refractivity contribution is -0.140. The predicted molar refractivity (Wildman–Crippen MR) is 88.6 cm³/mol. The highest BCUT2D eigenvalue weighted by atomic mass is 19.4. The first kappa shape index (κ1) is 16.6. The minimum absolute atomic E-state index is 0.117. The van der Waals surface area contributed by atoms with Gasteiger partial charge in [0, 0.05) is 16.3 Å². The Bertz CT molecular complexity index is 997. The van der Waals surface area contributed by atoms with Gasteiger partial charge in [0.25, 0.3) is 0 Å². The van der Waals surface area contributed by atoms with Crippen molar-refractivity contribution < 1.29 is 18.0 Å². The third kappa shape index (κ3) is 2.96. The van der Waals surface area contributed by atoms with Crippen molar-refractivity contribution in [2.75, 3.05) is 0 Å². The fraction of sp³-hybridized carbons (Fsp3) is 0.0556. The Morgan fingerprint density at radius 3 is 2.44 bits per heavy atom. The number of rotatable bonds is 3. The molecule has 0 saturated carbocycles. The van der Waals surface area contributed by atoms with Crippen molar-refractivity contribution in [3.63, 3.8) is 0 Å². The summed E-state index contributed by atoms with van der Waals surface area (Å²) in [6.45, 7) is 3.55. The zero-order chi connectivity index (χ0) is 18.2. The minimum Gasteiger partial charge on any atom is -0.366 e. The Labute approximate surface area is 140 Å². The third-order valence-electron chi connectivity index (χ3n) is 3.77. The van der Waals surface area contributed by atoms with Crippen LogP contribution in [0.5, 0.6) is 0 Å². The molecule has 1 heterocycles. The summed E-state index contributed by atoms with van der Waals surface area (Å²) in [4.78, 5) is 11.6. The highest BCUT2D eigenvalue weighted by molar-refractivity contribution is 6.01. The van der Waals surface area contributed by atoms with Crippen LogP contribution in [0.15, 0.2) is 49.0 Å². The molecule has 126 valence electrons. The number of alkyl halides is 3. The Hall–Kier alpha value is -3.22. The van der Waals surface area contributed by atoms with Gasteiger partial charge in [-0.15, -0.1) is 10.2 Å². The molecular formula is C18H12F3N3O. The van der Waals surface area contributed by atoms with Gasteiger partial charge in [-0.3, -0.25) is 4.79 Å². The molecule has 0 spiro atoms. The molecule has 0 unspecified atom stereocenters. The van der Waals surface area contributed by atoms with Crippen molar-refractivity contribution in [2.45, 2.75) is 6.18 Å². The maximum atomic E-state index is 13.3. The number of carbonyl (C=O) groups excluding carboxylic acids is 1. The Morgan fingerprint density at radius 1 is 1.08 bits per heavy atom. The topological polar surface area (TPSA) is 68.9 Å². The van der Waals surface area contributed by atoms with Crippen molar-refractivity contribution >= 4 is 22.8 Å². The molecule has 0 atom stereocenters. The molecule has 25 heavy (non-hydrogen) atoms. The lowest BCUT2D eigenvalue weighted by Crippen LogP contribution is -2.12. The normalized spacial score (nSPS) is 11.5. The van der Waals surface area contributed by atoms with E-state index >= 15 is 0 Å². The number of carbonyl (C=O) groups is 1. The Balaban J connectivity index is 2.34. The average molecular weight is 343 g/mol. The molecule has 1 aromatic heterocycles. The number of benzene rings is 2. The average Bonchev–Trinajstić information content (AvgIpc) is 2.59. The number of halogens is 3. The number of nitrogens with zero attached hydrogens (tertiary/aromatic N) is 2. The molecule has 0 aliphatic heterocycles. The van der Waals surface area contributed by atoms with Crippen LogP contribution in [0.1, 0.15) is 21.7 Å². The molecular weight excluding hydrogens is 331 g/mol. The first-order valence-corrected chi connectivity index (χ1v) is 7.22. The molecule has 0 radical (unpaired) electrons. The van der Waals surface area contributed by atoms with Gasteiger partial charge < -0.3 is 5.73 Å². The molecule has 0 saturated heterocycles. The van der Waals surface area contributed by atoms with Crippen molar-refractivity contribution in [1.82, 2.24) is 10.2 Å². The van der Waals surface area contributed by atoms with Gasteiger partial charge in [0.15, 0.2) is 5.69 Å². The van der Waals surface area contributed by atoms with Gasteiger partial charge in [0.05, 0.1) is 5.69 Å². The summed E-state index contributed by atoms with van der Waals surface area (Å²) in [7, 11) is 0. The van der Waals surface area contributed by atoms with Crippen LogP contribution in [-0.2, 0) is 6.18 Å². The summed E-state index contributed by atoms with van der Waals surface area (Å²) in [6, 6.07) is 10.9. The molecule has 0 fully saturated rings. The van der Waals surface area contributed by atoms with Gasteiger partial charge in [0.1, 0.15) is 0 Å². The van der Waals surface area contributed by atoms with Gasteiger partial charge in [-0.05, 0) is 29.3 Å². The third-order valence-corrected chi connectivity index (χ3v) is 3.77. The lowest BCUT2D eigenvalue weighted by Gasteiger charge is -2.12. The molecule has 3 aromatic rings. The van der Waals surface area contributed by atoms with E-state index in [4.69, 9.17) is 5.73 Å². The van der Waals surface area contributed by atoms with Crippen molar-refractivity contribution in [2.24, 2.45) is 5.73 Å². The molecule has 0 aliphatic rings. The number of primary amides is 1. The van der Waals surface area contributed by atoms with E-state index in [0.29, 0.717) is 11.1 Å². The van der Waals surface area contributed by atoms with Gasteiger partial charge in [-0.1, -0.05) is 36.9 Å². The van der Waals surface area contributed by atoms with Gasteiger partial charge in [0.2, 0.25) is 5.91 Å². The number of hydrogen-bond acceptors (Lipinski definition) is 3. The van der Waals surface area contributed by atoms with E-state index < -0.39 is 17.8 Å². The monoisotopic (exact) mass is 343 g/mol. The molecule has 7 heteroatoms. The maximum Gasteiger partial charge on any atom is 0.435 e. The van der Waals surface area contributed by atoms with Crippen LogP contribution in [0, 0.1) is 0 Å². The van der Waals surface area contributed by atoms with Crippen LogP contribution >= 0.6 is 0 Å². The standard InChI is InChI=1S/C18H12F3N3O/c1-2-15-12-8-7-10(11-5-3-4-6-13(11)17(22)25)9-14(12)16(24-23-15)18(19,20)21/h2-9H,1H2,(H2,22,25). The smallest absolute Gasteiger partial charge is 0.366 e. The van der Waals surface area contributed by atoms with Crippen LogP contribution in [0.4, 0.5) is 13.2 Å². The zero-order valence-electron chi connectivity index (χ0n) is 12.8. The molecule has 4 nitrogen and oxygen atoms in total. The number of nitrogens with two attached hydrogens (primary N) is 1. The predicted octanol–water partition coefficient (Wildman–Crippen LogP) is 4.06.